The van der Waals surface area contributed by atoms with Crippen LogP contribution in [0, 0.1) is 17.6 Å². The predicted octanol–water partition coefficient (Wildman–Crippen LogP) is 4.52. The molecule has 2 fully saturated rings. The minimum atomic E-state index is -0.787. The van der Waals surface area contributed by atoms with E-state index < -0.39 is 23.1 Å². The highest BCUT2D eigenvalue weighted by Gasteiger charge is 2.37. The van der Waals surface area contributed by atoms with Crippen molar-refractivity contribution in [3.63, 3.8) is 0 Å². The summed E-state index contributed by atoms with van der Waals surface area (Å²) in [6.07, 6.45) is 6.42. The van der Waals surface area contributed by atoms with Gasteiger partial charge in [-0.3, -0.25) is 4.79 Å². The van der Waals surface area contributed by atoms with Crippen LogP contribution in [-0.2, 0) is 0 Å². The van der Waals surface area contributed by atoms with Crippen LogP contribution >= 0.6 is 15.9 Å². The van der Waals surface area contributed by atoms with E-state index in [4.69, 9.17) is 0 Å². The molecule has 5 heteroatoms. The Bertz CT molecular complexity index is 538. The van der Waals surface area contributed by atoms with E-state index in [-0.39, 0.29) is 6.04 Å². The average molecular weight is 358 g/mol. The number of likely N-dealkylation sites (tertiary alicyclic amines) is 1. The van der Waals surface area contributed by atoms with Gasteiger partial charge in [0.2, 0.25) is 0 Å². The normalized spacial score (nSPS) is 25.6. The molecular formula is C16H18BrF2NO. The van der Waals surface area contributed by atoms with Crippen LogP contribution in [0.5, 0.6) is 0 Å². The first-order chi connectivity index (χ1) is 10.1. The largest absolute Gasteiger partial charge is 0.335 e. The Morgan fingerprint density at radius 3 is 2.43 bits per heavy atom. The molecule has 1 amide bonds. The average Bonchev–Trinajstić information content (AvgIpc) is 2.45. The van der Waals surface area contributed by atoms with Crippen molar-refractivity contribution in [1.82, 2.24) is 4.90 Å². The number of halogens is 3. The van der Waals surface area contributed by atoms with Gasteiger partial charge in [-0.05, 0) is 43.7 Å². The number of rotatable bonds is 1. The molecule has 21 heavy (non-hydrogen) atoms. The molecule has 3 rings (SSSR count). The molecule has 2 nitrogen and oxygen atoms in total. The number of amides is 1. The van der Waals surface area contributed by atoms with E-state index in [0.29, 0.717) is 16.9 Å². The Morgan fingerprint density at radius 1 is 1.10 bits per heavy atom. The smallest absolute Gasteiger partial charge is 0.260 e. The molecule has 0 spiro atoms. The lowest BCUT2D eigenvalue weighted by molar-refractivity contribution is 0.0382. The Morgan fingerprint density at radius 2 is 1.71 bits per heavy atom. The van der Waals surface area contributed by atoms with Crippen LogP contribution in [0.25, 0.3) is 0 Å². The van der Waals surface area contributed by atoms with Crippen LogP contribution < -0.4 is 0 Å². The van der Waals surface area contributed by atoms with Gasteiger partial charge in [0, 0.05) is 17.1 Å². The van der Waals surface area contributed by atoms with Crippen molar-refractivity contribution < 1.29 is 13.6 Å². The first-order valence-electron chi connectivity index (χ1n) is 7.53. The second-order valence-corrected chi connectivity index (χ2v) is 6.91. The topological polar surface area (TPSA) is 20.3 Å². The maximum Gasteiger partial charge on any atom is 0.260 e. The van der Waals surface area contributed by atoms with Crippen molar-refractivity contribution >= 4 is 21.8 Å². The third kappa shape index (κ3) is 2.85. The van der Waals surface area contributed by atoms with E-state index in [1.807, 2.05) is 0 Å². The van der Waals surface area contributed by atoms with E-state index in [1.54, 1.807) is 4.90 Å². The maximum absolute atomic E-state index is 14.0. The number of hydrogen-bond acceptors (Lipinski definition) is 1. The third-order valence-corrected chi connectivity index (χ3v) is 5.18. The summed E-state index contributed by atoms with van der Waals surface area (Å²) >= 11 is 3.04. The SMILES string of the molecule is O=C(c1c(F)cc(Br)cc1F)N1CCC[C@H]2CCCC[C@H]21. The van der Waals surface area contributed by atoms with Gasteiger partial charge in [-0.25, -0.2) is 8.78 Å². The van der Waals surface area contributed by atoms with Gasteiger partial charge in [-0.1, -0.05) is 28.8 Å². The number of piperidine rings is 1. The quantitative estimate of drug-likeness (QED) is 0.723. The molecule has 1 saturated carbocycles. The predicted molar refractivity (Wildman–Crippen MR) is 80.1 cm³/mol. The van der Waals surface area contributed by atoms with Crippen molar-refractivity contribution in [3.8, 4) is 0 Å². The minimum Gasteiger partial charge on any atom is -0.335 e. The molecule has 0 aromatic heterocycles. The zero-order chi connectivity index (χ0) is 15.0. The number of carbonyl (C=O) groups excluding carboxylic acids is 1. The highest BCUT2D eigenvalue weighted by atomic mass is 79.9. The summed E-state index contributed by atoms with van der Waals surface area (Å²) in [5.41, 5.74) is -0.413. The lowest BCUT2D eigenvalue weighted by Crippen LogP contribution is -2.50. The standard InChI is InChI=1S/C16H18BrF2NO/c17-11-8-12(18)15(13(19)9-11)16(21)20-7-3-5-10-4-1-2-6-14(10)20/h8-10,14H,1-7H2/t10-,14-/m1/s1. The summed E-state index contributed by atoms with van der Waals surface area (Å²) in [6.45, 7) is 0.606. The summed E-state index contributed by atoms with van der Waals surface area (Å²) in [5, 5.41) is 0. The third-order valence-electron chi connectivity index (χ3n) is 4.72. The molecule has 1 aromatic carbocycles. The molecule has 1 saturated heterocycles. The number of fused-ring (bicyclic) bond motifs is 1. The van der Waals surface area contributed by atoms with Crippen LogP contribution in [0.4, 0.5) is 8.78 Å². The lowest BCUT2D eigenvalue weighted by atomic mass is 9.78. The van der Waals surface area contributed by atoms with Crippen molar-refractivity contribution in [2.75, 3.05) is 6.54 Å². The van der Waals surface area contributed by atoms with E-state index in [9.17, 15) is 13.6 Å². The molecule has 1 aliphatic carbocycles. The summed E-state index contributed by atoms with van der Waals surface area (Å²) in [4.78, 5) is 14.3. The van der Waals surface area contributed by atoms with Crippen LogP contribution in [0.1, 0.15) is 48.9 Å². The highest BCUT2D eigenvalue weighted by Crippen LogP contribution is 2.36. The van der Waals surface area contributed by atoms with E-state index >= 15 is 0 Å². The minimum absolute atomic E-state index is 0.155. The zero-order valence-electron chi connectivity index (χ0n) is 11.7. The second-order valence-electron chi connectivity index (χ2n) is 6.00. The van der Waals surface area contributed by atoms with Crippen LogP contribution in [-0.4, -0.2) is 23.4 Å². The van der Waals surface area contributed by atoms with Crippen molar-refractivity contribution in [1.29, 1.82) is 0 Å². The highest BCUT2D eigenvalue weighted by molar-refractivity contribution is 9.10. The molecule has 1 aromatic rings. The monoisotopic (exact) mass is 357 g/mol. The molecule has 1 aliphatic heterocycles. The van der Waals surface area contributed by atoms with Crippen molar-refractivity contribution in [2.45, 2.75) is 44.6 Å². The Hall–Kier alpha value is -0.970. The van der Waals surface area contributed by atoms with E-state index in [2.05, 4.69) is 15.9 Å². The molecule has 1 heterocycles. The zero-order valence-corrected chi connectivity index (χ0v) is 13.3. The maximum atomic E-state index is 14.0. The Balaban J connectivity index is 1.90. The van der Waals surface area contributed by atoms with E-state index in [1.165, 1.54) is 6.42 Å². The number of benzene rings is 1. The van der Waals surface area contributed by atoms with E-state index in [0.717, 1.165) is 44.2 Å². The fraction of sp³-hybridized carbons (Fsp3) is 0.562. The first kappa shape index (κ1) is 14.9. The molecular weight excluding hydrogens is 340 g/mol. The molecule has 0 unspecified atom stereocenters. The van der Waals surface area contributed by atoms with Gasteiger partial charge in [-0.2, -0.15) is 0 Å². The summed E-state index contributed by atoms with van der Waals surface area (Å²) < 4.78 is 28.4. The van der Waals surface area contributed by atoms with Gasteiger partial charge in [0.25, 0.3) is 5.91 Å². The second kappa shape index (κ2) is 6.03. The van der Waals surface area contributed by atoms with Gasteiger partial charge in [0.05, 0.1) is 0 Å². The Kier molecular flexibility index (Phi) is 4.29. The number of carbonyl (C=O) groups is 1. The molecule has 0 N–H and O–H groups in total. The number of nitrogens with zero attached hydrogens (tertiary/aromatic N) is 1. The fourth-order valence-corrected chi connectivity index (χ4v) is 4.17. The molecule has 2 aliphatic rings. The van der Waals surface area contributed by atoms with Crippen molar-refractivity contribution in [3.05, 3.63) is 33.8 Å². The van der Waals surface area contributed by atoms with Crippen LogP contribution in [0.3, 0.4) is 0 Å². The van der Waals surface area contributed by atoms with Gasteiger partial charge < -0.3 is 4.90 Å². The number of hydrogen-bond donors (Lipinski definition) is 0. The van der Waals surface area contributed by atoms with Gasteiger partial charge in [0.1, 0.15) is 17.2 Å². The lowest BCUT2D eigenvalue weighted by Gasteiger charge is -2.44. The Labute approximate surface area is 131 Å². The van der Waals surface area contributed by atoms with Crippen molar-refractivity contribution in [2.24, 2.45) is 5.92 Å². The molecule has 2 atom stereocenters. The molecule has 0 radical (unpaired) electrons. The summed E-state index contributed by atoms with van der Waals surface area (Å²) in [5.74, 6) is -1.57. The van der Waals surface area contributed by atoms with Crippen LogP contribution in [0.15, 0.2) is 16.6 Å². The summed E-state index contributed by atoms with van der Waals surface area (Å²) in [7, 11) is 0. The fourth-order valence-electron chi connectivity index (χ4n) is 3.77. The van der Waals surface area contributed by atoms with Gasteiger partial charge in [-0.15, -0.1) is 0 Å². The van der Waals surface area contributed by atoms with Gasteiger partial charge in [0.15, 0.2) is 0 Å². The molecule has 0 bridgehead atoms. The first-order valence-corrected chi connectivity index (χ1v) is 8.32. The molecule has 114 valence electrons. The van der Waals surface area contributed by atoms with Crippen LogP contribution in [0.2, 0.25) is 0 Å². The van der Waals surface area contributed by atoms with Gasteiger partial charge >= 0.3 is 0 Å². The summed E-state index contributed by atoms with van der Waals surface area (Å²) in [6, 6.07) is 2.46.